The molecule has 0 heterocycles. The summed E-state index contributed by atoms with van der Waals surface area (Å²) in [5.74, 6) is -9.47. The van der Waals surface area contributed by atoms with E-state index >= 15 is 8.78 Å². The van der Waals surface area contributed by atoms with Gasteiger partial charge < -0.3 is 9.47 Å². The van der Waals surface area contributed by atoms with Crippen molar-refractivity contribution in [1.82, 2.24) is 0 Å². The van der Waals surface area contributed by atoms with Crippen molar-refractivity contribution in [3.8, 4) is 39.1 Å². The molecule has 0 aliphatic rings. The minimum Gasteiger partial charge on any atom is -0.429 e. The van der Waals surface area contributed by atoms with Gasteiger partial charge in [0.1, 0.15) is 29.0 Å². The molecule has 0 saturated heterocycles. The molecule has 0 aromatic heterocycles. The summed E-state index contributed by atoms with van der Waals surface area (Å²) < 4.78 is 140. The van der Waals surface area contributed by atoms with Gasteiger partial charge in [-0.15, -0.1) is 0 Å². The summed E-state index contributed by atoms with van der Waals surface area (Å²) >= 11 is 0. The highest BCUT2D eigenvalue weighted by Crippen LogP contribution is 2.37. The fraction of sp³-hybridized carbons (Fsp3) is 0.143. The van der Waals surface area contributed by atoms with Crippen LogP contribution in [0.15, 0.2) is 84.9 Å². The molecule has 0 amide bonds. The smallest absolute Gasteiger partial charge is 0.429 e. The first-order chi connectivity index (χ1) is 21.9. The van der Waals surface area contributed by atoms with Gasteiger partial charge in [-0.05, 0) is 77.2 Å². The van der Waals surface area contributed by atoms with Gasteiger partial charge in [0.25, 0.3) is 0 Å². The first-order valence-electron chi connectivity index (χ1n) is 13.9. The molecule has 0 radical (unpaired) electrons. The lowest BCUT2D eigenvalue weighted by molar-refractivity contribution is -0.187. The van der Waals surface area contributed by atoms with Crippen LogP contribution in [0.5, 0.6) is 5.75 Å². The molecule has 46 heavy (non-hydrogen) atoms. The standard InChI is InChI=1S/C35H23F9O2/c1-2-11-45-18-19-3-10-27(31(39)12-19)35(43,44)46-23-6-9-25(30(38)17-23)21-4-7-24(28(36)13-21)20-5-8-26(29(37)14-20)22-15-32(40)34(42)33(41)16-22/h3-10,12-17H,2,11,18H2,1H3. The van der Waals surface area contributed by atoms with Crippen molar-refractivity contribution in [3.05, 3.63) is 137 Å². The van der Waals surface area contributed by atoms with Crippen LogP contribution in [0.4, 0.5) is 39.5 Å². The number of ether oxygens (including phenoxy) is 2. The molecule has 5 rings (SSSR count). The Morgan fingerprint density at radius 1 is 0.543 bits per heavy atom. The number of benzene rings is 5. The Hall–Kier alpha value is -4.77. The summed E-state index contributed by atoms with van der Waals surface area (Å²) in [6.45, 7) is 2.34. The summed E-state index contributed by atoms with van der Waals surface area (Å²) in [6, 6.07) is 13.8. The van der Waals surface area contributed by atoms with E-state index in [0.29, 0.717) is 30.4 Å². The lowest BCUT2D eigenvalue weighted by Gasteiger charge is -2.20. The Morgan fingerprint density at radius 3 is 1.59 bits per heavy atom. The van der Waals surface area contributed by atoms with Crippen LogP contribution in [0.2, 0.25) is 0 Å². The molecule has 5 aromatic carbocycles. The van der Waals surface area contributed by atoms with Gasteiger partial charge in [0.05, 0.1) is 12.2 Å². The van der Waals surface area contributed by atoms with E-state index in [2.05, 4.69) is 4.74 Å². The predicted molar refractivity (Wildman–Crippen MR) is 153 cm³/mol. The summed E-state index contributed by atoms with van der Waals surface area (Å²) in [5.41, 5.74) is -1.47. The molecular formula is C35H23F9O2. The molecule has 0 N–H and O–H groups in total. The maximum atomic E-state index is 15.1. The van der Waals surface area contributed by atoms with Gasteiger partial charge in [-0.3, -0.25) is 0 Å². The van der Waals surface area contributed by atoms with Crippen molar-refractivity contribution in [1.29, 1.82) is 0 Å². The Balaban J connectivity index is 1.34. The fourth-order valence-corrected chi connectivity index (χ4v) is 4.76. The van der Waals surface area contributed by atoms with Gasteiger partial charge in [0.15, 0.2) is 17.5 Å². The average molecular weight is 647 g/mol. The van der Waals surface area contributed by atoms with E-state index in [9.17, 15) is 30.7 Å². The Bertz CT molecular complexity index is 1880. The van der Waals surface area contributed by atoms with Crippen LogP contribution in [0.25, 0.3) is 33.4 Å². The van der Waals surface area contributed by atoms with E-state index in [0.717, 1.165) is 48.9 Å². The lowest BCUT2D eigenvalue weighted by Crippen LogP contribution is -2.23. The van der Waals surface area contributed by atoms with E-state index < -0.39 is 58.1 Å². The van der Waals surface area contributed by atoms with Crippen molar-refractivity contribution < 1.29 is 49.0 Å². The van der Waals surface area contributed by atoms with E-state index in [1.54, 1.807) is 0 Å². The van der Waals surface area contributed by atoms with Gasteiger partial charge in [-0.2, -0.15) is 8.78 Å². The zero-order valence-corrected chi connectivity index (χ0v) is 23.9. The topological polar surface area (TPSA) is 18.5 Å². The van der Waals surface area contributed by atoms with Crippen LogP contribution in [0.3, 0.4) is 0 Å². The first-order valence-corrected chi connectivity index (χ1v) is 13.9. The van der Waals surface area contributed by atoms with E-state index in [1.165, 1.54) is 24.3 Å². The van der Waals surface area contributed by atoms with Crippen molar-refractivity contribution in [2.75, 3.05) is 6.61 Å². The second kappa shape index (κ2) is 13.3. The van der Waals surface area contributed by atoms with Crippen LogP contribution in [0.1, 0.15) is 24.5 Å². The quantitative estimate of drug-likeness (QED) is 0.0854. The summed E-state index contributed by atoms with van der Waals surface area (Å²) in [6.07, 6.45) is -3.42. The molecule has 0 spiro atoms. The molecule has 0 aliphatic heterocycles. The highest BCUT2D eigenvalue weighted by atomic mass is 19.3. The monoisotopic (exact) mass is 646 g/mol. The summed E-state index contributed by atoms with van der Waals surface area (Å²) in [5, 5.41) is 0. The van der Waals surface area contributed by atoms with Crippen molar-refractivity contribution in [2.24, 2.45) is 0 Å². The highest BCUT2D eigenvalue weighted by Gasteiger charge is 2.38. The third kappa shape index (κ3) is 6.89. The van der Waals surface area contributed by atoms with Gasteiger partial charge in [0.2, 0.25) is 0 Å². The van der Waals surface area contributed by atoms with E-state index in [1.807, 2.05) is 6.92 Å². The maximum absolute atomic E-state index is 15.1. The zero-order chi connectivity index (χ0) is 33.2. The number of alkyl halides is 2. The largest absolute Gasteiger partial charge is 0.429 e. The second-order valence-corrected chi connectivity index (χ2v) is 10.3. The molecular weight excluding hydrogens is 623 g/mol. The van der Waals surface area contributed by atoms with Gasteiger partial charge >= 0.3 is 6.11 Å². The van der Waals surface area contributed by atoms with E-state index in [-0.39, 0.29) is 40.0 Å². The zero-order valence-electron chi connectivity index (χ0n) is 23.9. The number of hydrogen-bond donors (Lipinski definition) is 0. The lowest BCUT2D eigenvalue weighted by atomic mass is 9.96. The number of rotatable bonds is 10. The minimum absolute atomic E-state index is 0.0124. The molecule has 0 atom stereocenters. The fourth-order valence-electron chi connectivity index (χ4n) is 4.76. The molecule has 0 unspecified atom stereocenters. The number of hydrogen-bond acceptors (Lipinski definition) is 2. The second-order valence-electron chi connectivity index (χ2n) is 10.3. The van der Waals surface area contributed by atoms with Crippen LogP contribution in [-0.4, -0.2) is 6.61 Å². The Kier molecular flexibility index (Phi) is 9.43. The SMILES string of the molecule is CCCOCc1ccc(C(F)(F)Oc2ccc(-c3ccc(-c4ccc(-c5cc(F)c(F)c(F)c5)c(F)c4)c(F)c3)c(F)c2)c(F)c1. The van der Waals surface area contributed by atoms with Crippen LogP contribution in [0, 0.1) is 40.7 Å². The summed E-state index contributed by atoms with van der Waals surface area (Å²) in [4.78, 5) is 0. The third-order valence-corrected chi connectivity index (χ3v) is 7.01. The molecule has 0 bridgehead atoms. The van der Waals surface area contributed by atoms with Crippen molar-refractivity contribution >= 4 is 0 Å². The normalized spacial score (nSPS) is 11.6. The molecule has 0 fully saturated rings. The Morgan fingerprint density at radius 2 is 1.07 bits per heavy atom. The number of halogens is 9. The minimum atomic E-state index is -4.15. The van der Waals surface area contributed by atoms with Crippen LogP contribution in [-0.2, 0) is 17.5 Å². The molecule has 0 aliphatic carbocycles. The summed E-state index contributed by atoms with van der Waals surface area (Å²) in [7, 11) is 0. The molecule has 11 heteroatoms. The molecule has 0 saturated carbocycles. The molecule has 5 aromatic rings. The first kappa shape index (κ1) is 32.6. The van der Waals surface area contributed by atoms with Crippen LogP contribution < -0.4 is 4.74 Å². The van der Waals surface area contributed by atoms with E-state index in [4.69, 9.17) is 4.74 Å². The van der Waals surface area contributed by atoms with Gasteiger partial charge in [-0.25, -0.2) is 30.7 Å². The molecule has 2 nitrogen and oxygen atoms in total. The Labute approximate surface area is 257 Å². The van der Waals surface area contributed by atoms with Crippen LogP contribution >= 0.6 is 0 Å². The predicted octanol–water partition coefficient (Wildman–Crippen LogP) is 10.7. The van der Waals surface area contributed by atoms with Crippen molar-refractivity contribution in [3.63, 3.8) is 0 Å². The van der Waals surface area contributed by atoms with Gasteiger partial charge in [-0.1, -0.05) is 37.3 Å². The molecule has 238 valence electrons. The maximum Gasteiger partial charge on any atom is 0.429 e. The average Bonchev–Trinajstić information content (AvgIpc) is 2.99. The third-order valence-electron chi connectivity index (χ3n) is 7.01. The highest BCUT2D eigenvalue weighted by molar-refractivity contribution is 5.74. The van der Waals surface area contributed by atoms with Gasteiger partial charge in [0, 0.05) is 29.4 Å². The van der Waals surface area contributed by atoms with Crippen molar-refractivity contribution in [2.45, 2.75) is 26.1 Å².